The number of carbonyl (C=O) groups excluding carboxylic acids is 4. The molecule has 0 heterocycles. The van der Waals surface area contributed by atoms with Crippen molar-refractivity contribution in [1.82, 2.24) is 10.6 Å². The summed E-state index contributed by atoms with van der Waals surface area (Å²) in [5.41, 5.74) is 2.22. The van der Waals surface area contributed by atoms with E-state index >= 15 is 0 Å². The minimum absolute atomic E-state index is 0.0460. The molecule has 8 nitrogen and oxygen atoms in total. The number of nitrogens with one attached hydrogen (secondary N) is 4. The SMILES string of the molecule is CC(C)NC(=O)c1ccc(NC(=O)CCCC(=O)Nc2ccc(C(=O)NC(C)C)cc2)cc1. The van der Waals surface area contributed by atoms with E-state index in [2.05, 4.69) is 21.3 Å². The van der Waals surface area contributed by atoms with E-state index in [1.807, 2.05) is 27.7 Å². The molecule has 8 heteroatoms. The summed E-state index contributed by atoms with van der Waals surface area (Å²) in [5, 5.41) is 11.1. The van der Waals surface area contributed by atoms with Crippen LogP contribution in [0.4, 0.5) is 11.4 Å². The highest BCUT2D eigenvalue weighted by molar-refractivity contribution is 5.97. The van der Waals surface area contributed by atoms with Crippen molar-refractivity contribution in [3.8, 4) is 0 Å². The molecular weight excluding hydrogens is 420 g/mol. The molecule has 0 saturated carbocycles. The van der Waals surface area contributed by atoms with Crippen molar-refractivity contribution >= 4 is 35.0 Å². The second kappa shape index (κ2) is 12.4. The molecule has 0 aliphatic heterocycles. The minimum atomic E-state index is -0.206. The summed E-state index contributed by atoms with van der Waals surface area (Å²) >= 11 is 0. The fraction of sp³-hybridized carbons (Fsp3) is 0.360. The number of hydrogen-bond acceptors (Lipinski definition) is 4. The third-order valence-electron chi connectivity index (χ3n) is 4.51. The van der Waals surface area contributed by atoms with Crippen LogP contribution in [0.25, 0.3) is 0 Å². The van der Waals surface area contributed by atoms with Gasteiger partial charge in [0.15, 0.2) is 0 Å². The Hall–Kier alpha value is -3.68. The molecule has 4 N–H and O–H groups in total. The van der Waals surface area contributed by atoms with E-state index in [-0.39, 0.29) is 48.6 Å². The highest BCUT2D eigenvalue weighted by Gasteiger charge is 2.10. The van der Waals surface area contributed by atoms with Crippen LogP contribution in [0.2, 0.25) is 0 Å². The fourth-order valence-corrected chi connectivity index (χ4v) is 2.96. The normalized spacial score (nSPS) is 10.6. The van der Waals surface area contributed by atoms with Crippen LogP contribution < -0.4 is 21.3 Å². The number of carbonyl (C=O) groups is 4. The van der Waals surface area contributed by atoms with Crippen LogP contribution >= 0.6 is 0 Å². The van der Waals surface area contributed by atoms with Gasteiger partial charge in [-0.1, -0.05) is 0 Å². The van der Waals surface area contributed by atoms with Crippen molar-refractivity contribution in [1.29, 1.82) is 0 Å². The minimum Gasteiger partial charge on any atom is -0.350 e. The molecule has 0 saturated heterocycles. The Kier molecular flexibility index (Phi) is 9.60. The summed E-state index contributed by atoms with van der Waals surface area (Å²) in [4.78, 5) is 48.2. The van der Waals surface area contributed by atoms with Gasteiger partial charge in [-0.05, 0) is 82.6 Å². The predicted octanol–water partition coefficient (Wildman–Crippen LogP) is 3.71. The summed E-state index contributed by atoms with van der Waals surface area (Å²) in [5.74, 6) is -0.741. The summed E-state index contributed by atoms with van der Waals surface area (Å²) < 4.78 is 0. The van der Waals surface area contributed by atoms with Gasteiger partial charge in [-0.25, -0.2) is 0 Å². The molecule has 0 spiro atoms. The summed E-state index contributed by atoms with van der Waals surface area (Å²) in [7, 11) is 0. The van der Waals surface area contributed by atoms with E-state index in [1.165, 1.54) is 0 Å². The zero-order valence-electron chi connectivity index (χ0n) is 19.5. The molecule has 4 amide bonds. The van der Waals surface area contributed by atoms with Gasteiger partial charge in [0, 0.05) is 47.4 Å². The molecule has 0 fully saturated rings. The van der Waals surface area contributed by atoms with Crippen LogP contribution in [-0.2, 0) is 9.59 Å². The molecule has 0 aliphatic carbocycles. The molecule has 0 aromatic heterocycles. The van der Waals surface area contributed by atoms with E-state index in [9.17, 15) is 19.2 Å². The summed E-state index contributed by atoms with van der Waals surface area (Å²) in [6.07, 6.45) is 0.774. The Labute approximate surface area is 194 Å². The second-order valence-electron chi connectivity index (χ2n) is 8.36. The van der Waals surface area contributed by atoms with E-state index in [4.69, 9.17) is 0 Å². The summed E-state index contributed by atoms with van der Waals surface area (Å²) in [6, 6.07) is 13.4. The zero-order valence-corrected chi connectivity index (χ0v) is 19.5. The first-order valence-corrected chi connectivity index (χ1v) is 11.1. The lowest BCUT2D eigenvalue weighted by Gasteiger charge is -2.10. The van der Waals surface area contributed by atoms with Crippen LogP contribution in [0.3, 0.4) is 0 Å². The standard InChI is InChI=1S/C25H32N4O4/c1-16(2)26-24(32)18-8-12-20(13-9-18)28-22(30)6-5-7-23(31)29-21-14-10-19(11-15-21)25(33)27-17(3)4/h8-17H,5-7H2,1-4H3,(H,26,32)(H,27,33)(H,28,30)(H,29,31). The van der Waals surface area contributed by atoms with E-state index < -0.39 is 0 Å². The van der Waals surface area contributed by atoms with Crippen LogP contribution in [0, 0.1) is 0 Å². The first-order chi connectivity index (χ1) is 15.6. The summed E-state index contributed by atoms with van der Waals surface area (Å²) in [6.45, 7) is 7.54. The smallest absolute Gasteiger partial charge is 0.251 e. The van der Waals surface area contributed by atoms with Gasteiger partial charge >= 0.3 is 0 Å². The van der Waals surface area contributed by atoms with Crippen molar-refractivity contribution in [3.63, 3.8) is 0 Å². The predicted molar refractivity (Wildman–Crippen MR) is 129 cm³/mol. The van der Waals surface area contributed by atoms with E-state index in [0.29, 0.717) is 28.9 Å². The highest BCUT2D eigenvalue weighted by atomic mass is 16.2. The van der Waals surface area contributed by atoms with Gasteiger partial charge in [0.05, 0.1) is 0 Å². The van der Waals surface area contributed by atoms with Gasteiger partial charge < -0.3 is 21.3 Å². The maximum atomic E-state index is 12.1. The average molecular weight is 453 g/mol. The third kappa shape index (κ3) is 9.14. The Morgan fingerprint density at radius 3 is 1.24 bits per heavy atom. The first kappa shape index (κ1) is 25.6. The van der Waals surface area contributed by atoms with Crippen molar-refractivity contribution in [2.24, 2.45) is 0 Å². The van der Waals surface area contributed by atoms with Gasteiger partial charge in [0.2, 0.25) is 11.8 Å². The maximum Gasteiger partial charge on any atom is 0.251 e. The lowest BCUT2D eigenvalue weighted by atomic mass is 10.1. The molecule has 0 atom stereocenters. The van der Waals surface area contributed by atoms with Gasteiger partial charge in [-0.2, -0.15) is 0 Å². The zero-order chi connectivity index (χ0) is 24.4. The van der Waals surface area contributed by atoms with Crippen LogP contribution in [0.5, 0.6) is 0 Å². The van der Waals surface area contributed by atoms with Crippen LogP contribution in [-0.4, -0.2) is 35.7 Å². The van der Waals surface area contributed by atoms with E-state index in [1.54, 1.807) is 48.5 Å². The quantitative estimate of drug-likeness (QED) is 0.440. The Balaban J connectivity index is 1.73. The molecule has 2 aromatic carbocycles. The lowest BCUT2D eigenvalue weighted by molar-refractivity contribution is -0.117. The van der Waals surface area contributed by atoms with Crippen molar-refractivity contribution in [3.05, 3.63) is 59.7 Å². The number of hydrogen-bond donors (Lipinski definition) is 4. The molecule has 2 rings (SSSR count). The second-order valence-corrected chi connectivity index (χ2v) is 8.36. The van der Waals surface area contributed by atoms with Gasteiger partial charge in [-0.15, -0.1) is 0 Å². The Morgan fingerprint density at radius 2 is 0.939 bits per heavy atom. The van der Waals surface area contributed by atoms with Gasteiger partial charge in [0.25, 0.3) is 11.8 Å². The van der Waals surface area contributed by atoms with Crippen molar-refractivity contribution in [2.45, 2.75) is 59.0 Å². The monoisotopic (exact) mass is 452 g/mol. The Morgan fingerprint density at radius 1 is 0.606 bits per heavy atom. The van der Waals surface area contributed by atoms with Crippen molar-refractivity contribution in [2.75, 3.05) is 10.6 Å². The van der Waals surface area contributed by atoms with Gasteiger partial charge in [0.1, 0.15) is 0 Å². The first-order valence-electron chi connectivity index (χ1n) is 11.1. The molecular formula is C25H32N4O4. The topological polar surface area (TPSA) is 116 Å². The molecule has 0 radical (unpaired) electrons. The molecule has 0 bridgehead atoms. The number of benzene rings is 2. The average Bonchev–Trinajstić information content (AvgIpc) is 2.73. The number of amides is 4. The largest absolute Gasteiger partial charge is 0.350 e. The van der Waals surface area contributed by atoms with Crippen LogP contribution in [0.1, 0.15) is 67.7 Å². The molecule has 33 heavy (non-hydrogen) atoms. The molecule has 176 valence electrons. The number of anilines is 2. The van der Waals surface area contributed by atoms with Crippen molar-refractivity contribution < 1.29 is 19.2 Å². The third-order valence-corrected chi connectivity index (χ3v) is 4.51. The maximum absolute atomic E-state index is 12.1. The highest BCUT2D eigenvalue weighted by Crippen LogP contribution is 2.13. The Bertz CT molecular complexity index is 887. The molecule has 0 aliphatic rings. The number of rotatable bonds is 10. The molecule has 0 unspecified atom stereocenters. The molecule has 2 aromatic rings. The lowest BCUT2D eigenvalue weighted by Crippen LogP contribution is -2.30. The fourth-order valence-electron chi connectivity index (χ4n) is 2.96. The van der Waals surface area contributed by atoms with Crippen LogP contribution in [0.15, 0.2) is 48.5 Å². The van der Waals surface area contributed by atoms with E-state index in [0.717, 1.165) is 0 Å². The van der Waals surface area contributed by atoms with Gasteiger partial charge in [-0.3, -0.25) is 19.2 Å².